The predicted molar refractivity (Wildman–Crippen MR) is 92.8 cm³/mol. The Labute approximate surface area is 142 Å². The molecule has 2 aromatic rings. The molecule has 0 atom stereocenters. The molecule has 2 aromatic carbocycles. The first-order valence-corrected chi connectivity index (χ1v) is 7.47. The number of benzene rings is 2. The Hall–Kier alpha value is -3.00. The summed E-state index contributed by atoms with van der Waals surface area (Å²) in [4.78, 5) is 13.8. The second kappa shape index (κ2) is 7.51. The summed E-state index contributed by atoms with van der Waals surface area (Å²) in [7, 11) is 5.09. The summed E-state index contributed by atoms with van der Waals surface area (Å²) in [6.45, 7) is 2.05. The van der Waals surface area contributed by atoms with Crippen LogP contribution in [0.15, 0.2) is 36.4 Å². The molecule has 0 bridgehead atoms. The maximum absolute atomic E-state index is 11.9. The van der Waals surface area contributed by atoms with Gasteiger partial charge in [0.25, 0.3) is 0 Å². The maximum atomic E-state index is 11.9. The van der Waals surface area contributed by atoms with Crippen molar-refractivity contribution in [2.24, 2.45) is 0 Å². The van der Waals surface area contributed by atoms with Crippen LogP contribution in [0.5, 0.6) is 11.5 Å². The highest BCUT2D eigenvalue weighted by atomic mass is 16.5. The van der Waals surface area contributed by atoms with Gasteiger partial charge in [-0.25, -0.2) is 0 Å². The van der Waals surface area contributed by atoms with E-state index in [1.807, 2.05) is 30.1 Å². The lowest BCUT2D eigenvalue weighted by Crippen LogP contribution is -2.19. The fourth-order valence-electron chi connectivity index (χ4n) is 2.54. The van der Waals surface area contributed by atoms with Gasteiger partial charge in [-0.1, -0.05) is 0 Å². The van der Waals surface area contributed by atoms with Crippen LogP contribution in [0.25, 0.3) is 0 Å². The first-order chi connectivity index (χ1) is 11.5. The molecule has 0 N–H and O–H groups in total. The van der Waals surface area contributed by atoms with Gasteiger partial charge in [0.15, 0.2) is 5.78 Å². The lowest BCUT2D eigenvalue weighted by Gasteiger charge is -2.23. The van der Waals surface area contributed by atoms with Crippen LogP contribution in [0.3, 0.4) is 0 Å². The molecule has 124 valence electrons. The predicted octanol–water partition coefficient (Wildman–Crippen LogP) is 3.41. The molecule has 0 aliphatic rings. The standard InChI is InChI=1S/C19H20N2O3/c1-13(22)17-8-5-14(11-20)9-18(17)21(2)12-15-6-7-16(23-3)10-19(15)24-4/h5-10H,12H2,1-4H3. The zero-order valence-corrected chi connectivity index (χ0v) is 14.3. The number of hydrogen-bond acceptors (Lipinski definition) is 5. The van der Waals surface area contributed by atoms with Gasteiger partial charge in [-0.15, -0.1) is 0 Å². The van der Waals surface area contributed by atoms with E-state index in [9.17, 15) is 4.79 Å². The average Bonchev–Trinajstić information content (AvgIpc) is 2.61. The third kappa shape index (κ3) is 3.66. The topological polar surface area (TPSA) is 62.6 Å². The number of anilines is 1. The number of ketones is 1. The van der Waals surface area contributed by atoms with Crippen LogP contribution in [0, 0.1) is 11.3 Å². The fraction of sp³-hybridized carbons (Fsp3) is 0.263. The van der Waals surface area contributed by atoms with Gasteiger partial charge in [0.2, 0.25) is 0 Å². The van der Waals surface area contributed by atoms with Crippen molar-refractivity contribution >= 4 is 11.5 Å². The van der Waals surface area contributed by atoms with E-state index in [-0.39, 0.29) is 5.78 Å². The largest absolute Gasteiger partial charge is 0.497 e. The highest BCUT2D eigenvalue weighted by Crippen LogP contribution is 2.29. The molecule has 0 radical (unpaired) electrons. The van der Waals surface area contributed by atoms with E-state index in [0.29, 0.717) is 29.2 Å². The summed E-state index contributed by atoms with van der Waals surface area (Å²) in [5.41, 5.74) is 2.78. The van der Waals surface area contributed by atoms with Crippen molar-refractivity contribution in [3.8, 4) is 17.6 Å². The number of hydrogen-bond donors (Lipinski definition) is 0. The Kier molecular flexibility index (Phi) is 5.43. The van der Waals surface area contributed by atoms with E-state index < -0.39 is 0 Å². The van der Waals surface area contributed by atoms with E-state index in [1.54, 1.807) is 32.4 Å². The number of ether oxygens (including phenoxy) is 2. The third-order valence-corrected chi connectivity index (χ3v) is 3.82. The summed E-state index contributed by atoms with van der Waals surface area (Å²) >= 11 is 0. The van der Waals surface area contributed by atoms with Crippen LogP contribution < -0.4 is 14.4 Å². The molecule has 0 aliphatic carbocycles. The molecular formula is C19H20N2O3. The van der Waals surface area contributed by atoms with Crippen molar-refractivity contribution < 1.29 is 14.3 Å². The number of carbonyl (C=O) groups excluding carboxylic acids is 1. The molecule has 0 amide bonds. The first kappa shape index (κ1) is 17.4. The summed E-state index contributed by atoms with van der Waals surface area (Å²) in [6.07, 6.45) is 0. The Morgan fingerprint density at radius 2 is 1.92 bits per heavy atom. The second-order valence-corrected chi connectivity index (χ2v) is 5.43. The van der Waals surface area contributed by atoms with Gasteiger partial charge in [0, 0.05) is 36.5 Å². The van der Waals surface area contributed by atoms with Gasteiger partial charge in [0.05, 0.1) is 25.9 Å². The van der Waals surface area contributed by atoms with Crippen LogP contribution in [0.1, 0.15) is 28.4 Å². The van der Waals surface area contributed by atoms with Crippen LogP contribution in [0.4, 0.5) is 5.69 Å². The number of rotatable bonds is 6. The lowest BCUT2D eigenvalue weighted by atomic mass is 10.0. The molecule has 0 aromatic heterocycles. The molecule has 0 spiro atoms. The van der Waals surface area contributed by atoms with Gasteiger partial charge in [0.1, 0.15) is 11.5 Å². The fourth-order valence-corrected chi connectivity index (χ4v) is 2.54. The summed E-state index contributed by atoms with van der Waals surface area (Å²) < 4.78 is 10.6. The van der Waals surface area contributed by atoms with E-state index in [4.69, 9.17) is 14.7 Å². The molecule has 5 heteroatoms. The number of methoxy groups -OCH3 is 2. The van der Waals surface area contributed by atoms with Crippen molar-refractivity contribution in [2.75, 3.05) is 26.2 Å². The highest BCUT2D eigenvalue weighted by Gasteiger charge is 2.14. The van der Waals surface area contributed by atoms with E-state index >= 15 is 0 Å². The average molecular weight is 324 g/mol. The lowest BCUT2D eigenvalue weighted by molar-refractivity contribution is 0.101. The minimum atomic E-state index is -0.0389. The third-order valence-electron chi connectivity index (χ3n) is 3.82. The van der Waals surface area contributed by atoms with Crippen molar-refractivity contribution in [1.82, 2.24) is 0 Å². The van der Waals surface area contributed by atoms with Crippen LogP contribution in [-0.4, -0.2) is 27.1 Å². The Balaban J connectivity index is 2.38. The van der Waals surface area contributed by atoms with E-state index in [1.165, 1.54) is 6.92 Å². The van der Waals surface area contributed by atoms with Crippen molar-refractivity contribution in [3.63, 3.8) is 0 Å². The quantitative estimate of drug-likeness (QED) is 0.762. The SMILES string of the molecule is COc1ccc(CN(C)c2cc(C#N)ccc2C(C)=O)c(OC)c1. The molecule has 2 rings (SSSR count). The molecule has 0 saturated carbocycles. The monoisotopic (exact) mass is 324 g/mol. The second-order valence-electron chi connectivity index (χ2n) is 5.43. The number of carbonyl (C=O) groups is 1. The van der Waals surface area contributed by atoms with Crippen molar-refractivity contribution in [2.45, 2.75) is 13.5 Å². The van der Waals surface area contributed by atoms with Crippen LogP contribution >= 0.6 is 0 Å². The zero-order chi connectivity index (χ0) is 17.7. The zero-order valence-electron chi connectivity index (χ0n) is 14.3. The number of nitrogens with zero attached hydrogens (tertiary/aromatic N) is 2. The molecule has 0 saturated heterocycles. The first-order valence-electron chi connectivity index (χ1n) is 7.47. The van der Waals surface area contributed by atoms with Gasteiger partial charge in [-0.2, -0.15) is 5.26 Å². The van der Waals surface area contributed by atoms with Gasteiger partial charge in [-0.05, 0) is 37.3 Å². The molecule has 0 fully saturated rings. The molecule has 5 nitrogen and oxygen atoms in total. The molecular weight excluding hydrogens is 304 g/mol. The molecule has 0 unspecified atom stereocenters. The van der Waals surface area contributed by atoms with Gasteiger partial charge in [-0.3, -0.25) is 4.79 Å². The molecule has 0 aliphatic heterocycles. The van der Waals surface area contributed by atoms with Gasteiger partial charge < -0.3 is 14.4 Å². The minimum Gasteiger partial charge on any atom is -0.497 e. The smallest absolute Gasteiger partial charge is 0.161 e. The molecule has 0 heterocycles. The minimum absolute atomic E-state index is 0.0389. The maximum Gasteiger partial charge on any atom is 0.161 e. The highest BCUT2D eigenvalue weighted by molar-refractivity contribution is 6.00. The van der Waals surface area contributed by atoms with Crippen molar-refractivity contribution in [3.05, 3.63) is 53.1 Å². The summed E-state index contributed by atoms with van der Waals surface area (Å²) in [6, 6.07) is 12.8. The Morgan fingerprint density at radius 3 is 2.50 bits per heavy atom. The van der Waals surface area contributed by atoms with Crippen LogP contribution in [0.2, 0.25) is 0 Å². The summed E-state index contributed by atoms with van der Waals surface area (Å²) in [5.74, 6) is 1.39. The van der Waals surface area contributed by atoms with E-state index in [2.05, 4.69) is 6.07 Å². The Morgan fingerprint density at radius 1 is 1.17 bits per heavy atom. The Bertz CT molecular complexity index is 794. The normalized spacial score (nSPS) is 9.96. The van der Waals surface area contributed by atoms with Crippen LogP contribution in [-0.2, 0) is 6.54 Å². The summed E-state index contributed by atoms with van der Waals surface area (Å²) in [5, 5.41) is 9.12. The number of nitriles is 1. The van der Waals surface area contributed by atoms with Crippen molar-refractivity contribution in [1.29, 1.82) is 5.26 Å². The van der Waals surface area contributed by atoms with Gasteiger partial charge >= 0.3 is 0 Å². The van der Waals surface area contributed by atoms with E-state index in [0.717, 1.165) is 11.3 Å². The molecule has 24 heavy (non-hydrogen) atoms. The number of Topliss-reactive ketones (excluding diaryl/α,β-unsaturated/α-hetero) is 1.